The predicted octanol–water partition coefficient (Wildman–Crippen LogP) is 4.01. The molecule has 0 saturated carbocycles. The third-order valence-electron chi connectivity index (χ3n) is 2.79. The van der Waals surface area contributed by atoms with E-state index in [1.807, 2.05) is 24.3 Å². The molecule has 3 nitrogen and oxygen atoms in total. The normalized spacial score (nSPS) is 11.0. The minimum Gasteiger partial charge on any atom is -0.427 e. The summed E-state index contributed by atoms with van der Waals surface area (Å²) in [5.74, 6) is 0.244. The molecule has 0 aliphatic rings. The Morgan fingerprint density at radius 2 is 1.94 bits per heavy atom. The standard InChI is InChI=1S/C14H10BrNO2/c1-8(17)18-10-3-4-11-12-6-9(15)2-5-13(12)16-14(11)7-10/h2-7,16H,1H3. The van der Waals surface area contributed by atoms with Gasteiger partial charge in [-0.25, -0.2) is 0 Å². The van der Waals surface area contributed by atoms with Crippen molar-refractivity contribution >= 4 is 43.7 Å². The van der Waals surface area contributed by atoms with E-state index in [1.165, 1.54) is 6.92 Å². The molecule has 0 fully saturated rings. The average Bonchev–Trinajstić information content (AvgIpc) is 2.65. The molecule has 0 aliphatic heterocycles. The Morgan fingerprint density at radius 1 is 1.11 bits per heavy atom. The first kappa shape index (κ1) is 11.3. The fourth-order valence-electron chi connectivity index (χ4n) is 2.08. The molecule has 90 valence electrons. The zero-order chi connectivity index (χ0) is 12.7. The summed E-state index contributed by atoms with van der Waals surface area (Å²) in [6, 6.07) is 11.7. The number of benzene rings is 2. The lowest BCUT2D eigenvalue weighted by atomic mass is 10.1. The summed E-state index contributed by atoms with van der Waals surface area (Å²) >= 11 is 3.47. The molecule has 0 atom stereocenters. The summed E-state index contributed by atoms with van der Waals surface area (Å²) in [6.45, 7) is 1.40. The average molecular weight is 304 g/mol. The first-order valence-electron chi connectivity index (χ1n) is 5.53. The van der Waals surface area contributed by atoms with E-state index in [-0.39, 0.29) is 5.97 Å². The summed E-state index contributed by atoms with van der Waals surface area (Å²) in [7, 11) is 0. The minimum absolute atomic E-state index is 0.312. The van der Waals surface area contributed by atoms with Crippen LogP contribution >= 0.6 is 15.9 Å². The maximum atomic E-state index is 10.9. The molecule has 0 bridgehead atoms. The van der Waals surface area contributed by atoms with Gasteiger partial charge in [0.05, 0.1) is 5.52 Å². The second-order valence-electron chi connectivity index (χ2n) is 4.12. The fraction of sp³-hybridized carbons (Fsp3) is 0.0714. The van der Waals surface area contributed by atoms with Crippen LogP contribution in [0.1, 0.15) is 6.92 Å². The van der Waals surface area contributed by atoms with Crippen molar-refractivity contribution in [3.63, 3.8) is 0 Å². The number of esters is 1. The highest BCUT2D eigenvalue weighted by molar-refractivity contribution is 9.10. The number of aromatic nitrogens is 1. The smallest absolute Gasteiger partial charge is 0.308 e. The monoisotopic (exact) mass is 303 g/mol. The van der Waals surface area contributed by atoms with Crippen LogP contribution in [0.4, 0.5) is 0 Å². The third kappa shape index (κ3) is 1.88. The summed E-state index contributed by atoms with van der Waals surface area (Å²) in [5, 5.41) is 2.26. The van der Waals surface area contributed by atoms with Gasteiger partial charge in [-0.2, -0.15) is 0 Å². The van der Waals surface area contributed by atoms with Crippen molar-refractivity contribution in [2.24, 2.45) is 0 Å². The molecule has 0 amide bonds. The zero-order valence-electron chi connectivity index (χ0n) is 9.66. The van der Waals surface area contributed by atoms with Crippen LogP contribution in [0.5, 0.6) is 5.75 Å². The van der Waals surface area contributed by atoms with Gasteiger partial charge in [0.25, 0.3) is 0 Å². The van der Waals surface area contributed by atoms with Crippen molar-refractivity contribution in [3.8, 4) is 5.75 Å². The Kier molecular flexibility index (Phi) is 2.59. The van der Waals surface area contributed by atoms with Crippen LogP contribution in [0.15, 0.2) is 40.9 Å². The van der Waals surface area contributed by atoms with Crippen LogP contribution in [-0.4, -0.2) is 11.0 Å². The number of H-pyrrole nitrogens is 1. The van der Waals surface area contributed by atoms with E-state index >= 15 is 0 Å². The van der Waals surface area contributed by atoms with Crippen LogP contribution in [0.3, 0.4) is 0 Å². The number of halogens is 1. The molecular formula is C14H10BrNO2. The lowest BCUT2D eigenvalue weighted by molar-refractivity contribution is -0.131. The van der Waals surface area contributed by atoms with Gasteiger partial charge in [0.1, 0.15) is 5.75 Å². The van der Waals surface area contributed by atoms with Gasteiger partial charge in [-0.05, 0) is 30.3 Å². The summed E-state index contributed by atoms with van der Waals surface area (Å²) in [4.78, 5) is 14.2. The lowest BCUT2D eigenvalue weighted by Gasteiger charge is -2.00. The fourth-order valence-corrected chi connectivity index (χ4v) is 2.45. The highest BCUT2D eigenvalue weighted by atomic mass is 79.9. The Bertz CT molecular complexity index is 761. The highest BCUT2D eigenvalue weighted by Crippen LogP contribution is 2.30. The second kappa shape index (κ2) is 4.14. The number of aromatic amines is 1. The topological polar surface area (TPSA) is 42.1 Å². The van der Waals surface area contributed by atoms with Gasteiger partial charge in [-0.1, -0.05) is 15.9 Å². The van der Waals surface area contributed by atoms with Gasteiger partial charge < -0.3 is 9.72 Å². The molecule has 3 aromatic rings. The van der Waals surface area contributed by atoms with Gasteiger partial charge in [0.15, 0.2) is 0 Å². The molecule has 18 heavy (non-hydrogen) atoms. The van der Waals surface area contributed by atoms with Crippen LogP contribution in [0.25, 0.3) is 21.8 Å². The summed E-state index contributed by atoms with van der Waals surface area (Å²) in [6.07, 6.45) is 0. The van der Waals surface area contributed by atoms with Crippen LogP contribution < -0.4 is 4.74 Å². The van der Waals surface area contributed by atoms with Crippen LogP contribution in [0, 0.1) is 0 Å². The Balaban J connectivity index is 2.23. The molecule has 1 aromatic heterocycles. The van der Waals surface area contributed by atoms with E-state index in [2.05, 4.69) is 27.0 Å². The van der Waals surface area contributed by atoms with Crippen molar-refractivity contribution in [1.82, 2.24) is 4.98 Å². The SMILES string of the molecule is CC(=O)Oc1ccc2c(c1)[nH]c1ccc(Br)cc12. The summed E-state index contributed by atoms with van der Waals surface area (Å²) < 4.78 is 6.12. The van der Waals surface area contributed by atoms with Crippen LogP contribution in [-0.2, 0) is 4.79 Å². The number of nitrogens with one attached hydrogen (secondary N) is 1. The maximum Gasteiger partial charge on any atom is 0.308 e. The number of ether oxygens (including phenoxy) is 1. The van der Waals surface area contributed by atoms with Gasteiger partial charge in [-0.3, -0.25) is 4.79 Å². The highest BCUT2D eigenvalue weighted by Gasteiger charge is 2.06. The van der Waals surface area contributed by atoms with E-state index in [0.29, 0.717) is 5.75 Å². The predicted molar refractivity (Wildman–Crippen MR) is 74.8 cm³/mol. The number of carbonyl (C=O) groups is 1. The molecule has 0 saturated heterocycles. The van der Waals surface area contributed by atoms with E-state index in [0.717, 1.165) is 26.3 Å². The Hall–Kier alpha value is -1.81. The first-order valence-corrected chi connectivity index (χ1v) is 6.32. The molecule has 4 heteroatoms. The van der Waals surface area contributed by atoms with Gasteiger partial charge >= 0.3 is 5.97 Å². The van der Waals surface area contributed by atoms with Crippen molar-refractivity contribution in [2.45, 2.75) is 6.92 Å². The number of fused-ring (bicyclic) bond motifs is 3. The first-order chi connectivity index (χ1) is 8.63. The molecule has 0 spiro atoms. The van der Waals surface area contributed by atoms with E-state index in [9.17, 15) is 4.79 Å². The minimum atomic E-state index is -0.312. The molecule has 2 aromatic carbocycles. The molecular weight excluding hydrogens is 294 g/mol. The molecule has 1 N–H and O–H groups in total. The van der Waals surface area contributed by atoms with E-state index in [1.54, 1.807) is 6.07 Å². The van der Waals surface area contributed by atoms with E-state index < -0.39 is 0 Å². The number of carbonyl (C=O) groups excluding carboxylic acids is 1. The molecule has 0 aliphatic carbocycles. The van der Waals surface area contributed by atoms with Crippen molar-refractivity contribution in [1.29, 1.82) is 0 Å². The lowest BCUT2D eigenvalue weighted by Crippen LogP contribution is -2.00. The molecule has 0 radical (unpaired) electrons. The van der Waals surface area contributed by atoms with Crippen LogP contribution in [0.2, 0.25) is 0 Å². The Morgan fingerprint density at radius 3 is 2.72 bits per heavy atom. The third-order valence-corrected chi connectivity index (χ3v) is 3.29. The number of rotatable bonds is 1. The Labute approximate surface area is 112 Å². The van der Waals surface area contributed by atoms with Crippen molar-refractivity contribution < 1.29 is 9.53 Å². The molecule has 3 rings (SSSR count). The molecule has 1 heterocycles. The number of hydrogen-bond acceptors (Lipinski definition) is 2. The van der Waals surface area contributed by atoms with E-state index in [4.69, 9.17) is 4.74 Å². The van der Waals surface area contributed by atoms with Crippen molar-refractivity contribution in [2.75, 3.05) is 0 Å². The quantitative estimate of drug-likeness (QED) is 0.545. The van der Waals surface area contributed by atoms with Gasteiger partial charge in [0, 0.05) is 33.8 Å². The maximum absolute atomic E-state index is 10.9. The largest absolute Gasteiger partial charge is 0.427 e. The van der Waals surface area contributed by atoms with Crippen molar-refractivity contribution in [3.05, 3.63) is 40.9 Å². The molecule has 0 unspecified atom stereocenters. The van der Waals surface area contributed by atoms with Gasteiger partial charge in [0.2, 0.25) is 0 Å². The summed E-state index contributed by atoms with van der Waals surface area (Å²) in [5.41, 5.74) is 2.02. The number of hydrogen-bond donors (Lipinski definition) is 1. The second-order valence-corrected chi connectivity index (χ2v) is 5.03. The van der Waals surface area contributed by atoms with Gasteiger partial charge in [-0.15, -0.1) is 0 Å². The zero-order valence-corrected chi connectivity index (χ0v) is 11.2.